The molecule has 0 aliphatic rings. The normalized spacial score (nSPS) is 11.0. The summed E-state index contributed by atoms with van der Waals surface area (Å²) in [4.78, 5) is 0. The zero-order chi connectivity index (χ0) is 6.50. The van der Waals surface area contributed by atoms with Gasteiger partial charge in [0.05, 0.1) is 10.5 Å². The lowest BCUT2D eigenvalue weighted by molar-refractivity contribution is 0.431. The molecule has 0 radical (unpaired) electrons. The van der Waals surface area contributed by atoms with Crippen LogP contribution >= 0.6 is 0 Å². The minimum atomic E-state index is -3.64. The van der Waals surface area contributed by atoms with Crippen LogP contribution in [0.5, 0.6) is 0 Å². The van der Waals surface area contributed by atoms with Gasteiger partial charge in [0.2, 0.25) is 0 Å². The van der Waals surface area contributed by atoms with Crippen molar-refractivity contribution in [1.82, 2.24) is 0 Å². The van der Waals surface area contributed by atoms with Crippen LogP contribution in [0, 0.1) is 12.8 Å². The van der Waals surface area contributed by atoms with Crippen LogP contribution in [0.2, 0.25) is 0 Å². The highest BCUT2D eigenvalue weighted by Crippen LogP contribution is 1.74. The van der Waals surface area contributed by atoms with Crippen molar-refractivity contribution in [2.24, 2.45) is 0 Å². The molecular weight excluding hydrogens is 116 g/mol. The van der Waals surface area contributed by atoms with E-state index in [4.69, 9.17) is 9.11 Å². The summed E-state index contributed by atoms with van der Waals surface area (Å²) in [6, 6.07) is 0. The second kappa shape index (κ2) is 3.81. The predicted molar refractivity (Wildman–Crippen MR) is 30.6 cm³/mol. The summed E-state index contributed by atoms with van der Waals surface area (Å²) >= 11 is 0. The fourth-order valence-electron chi connectivity index (χ4n) is 0. The Bertz CT molecular complexity index is 81.3. The van der Waals surface area contributed by atoms with Crippen molar-refractivity contribution in [1.29, 1.82) is 0 Å². The molecule has 0 atom stereocenters. The van der Waals surface area contributed by atoms with Crippen molar-refractivity contribution in [3.63, 3.8) is 0 Å². The van der Waals surface area contributed by atoms with E-state index < -0.39 is 10.5 Å². The third-order valence-electron chi connectivity index (χ3n) is 0. The second-order valence-electron chi connectivity index (χ2n) is 0.835. The fraction of sp³-hybridized carbons (Fsp3) is 0.333. The number of terminal acetylenes is 1. The second-order valence-corrected chi connectivity index (χ2v) is 2.51. The van der Waals surface area contributed by atoms with E-state index >= 15 is 0 Å². The van der Waals surface area contributed by atoms with Gasteiger partial charge in [-0.25, -0.2) is 4.21 Å². The summed E-state index contributed by atoms with van der Waals surface area (Å²) in [6.45, 7) is 0. The van der Waals surface area contributed by atoms with E-state index in [-0.39, 0.29) is 0 Å². The molecule has 0 aliphatic heterocycles. The first-order valence-corrected chi connectivity index (χ1v) is 3.42. The lowest BCUT2D eigenvalue weighted by atomic mass is 11.4. The maximum absolute atomic E-state index is 9.33. The van der Waals surface area contributed by atoms with Gasteiger partial charge in [0.25, 0.3) is 0 Å². The minimum absolute atomic E-state index is 0.854. The van der Waals surface area contributed by atoms with Gasteiger partial charge in [-0.3, -0.25) is 0 Å². The van der Waals surface area contributed by atoms with E-state index in [1.54, 1.807) is 0 Å². The van der Waals surface area contributed by atoms with Crippen LogP contribution in [0.1, 0.15) is 0 Å². The Hall–Kier alpha value is -0.370. The number of hydrogen-bond donors (Lipinski definition) is 3. The Kier molecular flexibility index (Phi) is 5.33. The Morgan fingerprint density at radius 1 is 1.43 bits per heavy atom. The Morgan fingerprint density at radius 3 is 1.43 bits per heavy atom. The Balaban J connectivity index is 0. The van der Waals surface area contributed by atoms with E-state index in [1.165, 1.54) is 0 Å². The average molecular weight is 124 g/mol. The van der Waals surface area contributed by atoms with Gasteiger partial charge in [-0.15, -0.1) is 12.8 Å². The molecule has 3 nitrogen and oxygen atoms in total. The van der Waals surface area contributed by atoms with Gasteiger partial charge in [-0.1, -0.05) is 0 Å². The van der Waals surface area contributed by atoms with Crippen molar-refractivity contribution in [3.05, 3.63) is 0 Å². The topological polar surface area (TPSA) is 57.5 Å². The lowest BCUT2D eigenvalue weighted by Gasteiger charge is -1.95. The largest absolute Gasteiger partial charge is 0.310 e. The van der Waals surface area contributed by atoms with Crippen molar-refractivity contribution in [2.45, 2.75) is 0 Å². The summed E-state index contributed by atoms with van der Waals surface area (Å²) in [6.07, 6.45) is 8.85. The first kappa shape index (κ1) is 9.80. The molecule has 0 bridgehead atoms. The van der Waals surface area contributed by atoms with Crippen LogP contribution in [0.15, 0.2) is 0 Å². The summed E-state index contributed by atoms with van der Waals surface area (Å²) in [5.74, 6) is 0. The van der Waals surface area contributed by atoms with E-state index in [9.17, 15) is 4.21 Å². The molecule has 0 rings (SSSR count). The van der Waals surface area contributed by atoms with Crippen LogP contribution < -0.4 is 0 Å². The first-order chi connectivity index (χ1) is 3.00. The monoisotopic (exact) mass is 124 g/mol. The standard InChI is InChI=1S/C2H2.CH6O3S/c1-2;1-5(2,3)4/h1-2H;5H,1H3,(H2,2,3,4). The average Bonchev–Trinajstić information content (AvgIpc) is 1.36. The van der Waals surface area contributed by atoms with E-state index in [0.29, 0.717) is 0 Å². The molecule has 0 amide bonds. The highest BCUT2D eigenvalue weighted by molar-refractivity contribution is 7.91. The van der Waals surface area contributed by atoms with Crippen molar-refractivity contribution < 1.29 is 13.3 Å². The van der Waals surface area contributed by atoms with Gasteiger partial charge < -0.3 is 9.11 Å². The van der Waals surface area contributed by atoms with Gasteiger partial charge in [0, 0.05) is 6.26 Å². The van der Waals surface area contributed by atoms with Gasteiger partial charge in [-0.05, 0) is 0 Å². The minimum Gasteiger partial charge on any atom is -0.310 e. The SMILES string of the molecule is C#C.C[SH](=O)(O)O. The van der Waals surface area contributed by atoms with Gasteiger partial charge >= 0.3 is 0 Å². The molecule has 0 aliphatic carbocycles. The highest BCUT2D eigenvalue weighted by atomic mass is 32.3. The van der Waals surface area contributed by atoms with Crippen LogP contribution in [0.25, 0.3) is 0 Å². The van der Waals surface area contributed by atoms with Gasteiger partial charge in [0.1, 0.15) is 0 Å². The molecule has 4 heteroatoms. The maximum atomic E-state index is 9.33. The number of thiol groups is 1. The third kappa shape index (κ3) is 542. The highest BCUT2D eigenvalue weighted by Gasteiger charge is 1.82. The zero-order valence-corrected chi connectivity index (χ0v) is 4.80. The van der Waals surface area contributed by atoms with Gasteiger partial charge in [-0.2, -0.15) is 0 Å². The molecule has 0 heterocycles. The smallest absolute Gasteiger partial charge is 0.0705 e. The molecule has 0 aromatic heterocycles. The summed E-state index contributed by atoms with van der Waals surface area (Å²) in [5, 5.41) is 0. The summed E-state index contributed by atoms with van der Waals surface area (Å²) < 4.78 is 24.6. The molecule has 0 saturated carbocycles. The summed E-state index contributed by atoms with van der Waals surface area (Å²) in [7, 11) is -3.64. The van der Waals surface area contributed by atoms with E-state index in [2.05, 4.69) is 12.8 Å². The molecule has 44 valence electrons. The van der Waals surface area contributed by atoms with Crippen molar-refractivity contribution in [2.75, 3.05) is 6.26 Å². The molecule has 0 aromatic carbocycles. The van der Waals surface area contributed by atoms with E-state index in [0.717, 1.165) is 6.26 Å². The molecule has 0 fully saturated rings. The molecule has 0 aromatic rings. The Morgan fingerprint density at radius 2 is 1.43 bits per heavy atom. The predicted octanol–water partition coefficient (Wildman–Crippen LogP) is -0.172. The maximum Gasteiger partial charge on any atom is 0.0705 e. The molecule has 0 spiro atoms. The fourth-order valence-corrected chi connectivity index (χ4v) is 0. The van der Waals surface area contributed by atoms with Crippen LogP contribution in [0.4, 0.5) is 0 Å². The molecular formula is C3H8O3S. The lowest BCUT2D eigenvalue weighted by Crippen LogP contribution is -2.01. The van der Waals surface area contributed by atoms with Gasteiger partial charge in [0.15, 0.2) is 0 Å². The first-order valence-electron chi connectivity index (χ1n) is 1.36. The number of hydrogen-bond acceptors (Lipinski definition) is 1. The molecule has 0 saturated heterocycles. The molecule has 2 N–H and O–H groups in total. The van der Waals surface area contributed by atoms with Crippen LogP contribution in [-0.2, 0) is 10.5 Å². The summed E-state index contributed by atoms with van der Waals surface area (Å²) in [5.41, 5.74) is 0. The number of rotatable bonds is 0. The van der Waals surface area contributed by atoms with Crippen LogP contribution in [-0.4, -0.2) is 19.6 Å². The molecule has 7 heavy (non-hydrogen) atoms. The quantitative estimate of drug-likeness (QED) is 0.310. The Labute approximate surface area is 43.8 Å². The van der Waals surface area contributed by atoms with Crippen molar-refractivity contribution in [3.8, 4) is 12.8 Å². The zero-order valence-electron chi connectivity index (χ0n) is 3.90. The van der Waals surface area contributed by atoms with Crippen LogP contribution in [0.3, 0.4) is 0 Å². The van der Waals surface area contributed by atoms with Crippen molar-refractivity contribution >= 4 is 10.5 Å². The molecule has 0 unspecified atom stereocenters. The van der Waals surface area contributed by atoms with E-state index in [1.807, 2.05) is 0 Å². The third-order valence-corrected chi connectivity index (χ3v) is 0.